The first-order valence-corrected chi connectivity index (χ1v) is 9.97. The third-order valence-corrected chi connectivity index (χ3v) is 6.24. The number of carbonyl (C=O) groups excluding carboxylic acids is 1. The van der Waals surface area contributed by atoms with Gasteiger partial charge in [0.25, 0.3) is 5.91 Å². The Kier molecular flexibility index (Phi) is 4.73. The molecule has 0 radical (unpaired) electrons. The maximum absolute atomic E-state index is 12.6. The van der Waals surface area contributed by atoms with Crippen molar-refractivity contribution in [2.24, 2.45) is 11.7 Å². The Hall–Kier alpha value is -1.89. The molecular formula is C19H21ClN4OS. The second-order valence-electron chi connectivity index (χ2n) is 6.85. The molecule has 1 unspecified atom stereocenters. The third kappa shape index (κ3) is 3.49. The lowest BCUT2D eigenvalue weighted by Gasteiger charge is -2.15. The molecule has 0 aliphatic heterocycles. The predicted molar refractivity (Wildman–Crippen MR) is 106 cm³/mol. The molecule has 0 saturated heterocycles. The van der Waals surface area contributed by atoms with Crippen LogP contribution in [-0.2, 0) is 6.54 Å². The summed E-state index contributed by atoms with van der Waals surface area (Å²) in [6.45, 7) is 3.11. The molecule has 2 aromatic heterocycles. The standard InChI is InChI=1S/C19H21ClN4OS/c1-11-15-8-17(18(25)22-16(9-21)13-4-5-13)26-19(15)24(23-11)10-12-2-6-14(20)7-3-12/h2-3,6-8,13,16H,4-5,9-10,21H2,1H3,(H,22,25). The first-order valence-electron chi connectivity index (χ1n) is 8.77. The largest absolute Gasteiger partial charge is 0.347 e. The summed E-state index contributed by atoms with van der Waals surface area (Å²) in [6, 6.07) is 9.77. The van der Waals surface area contributed by atoms with Crippen LogP contribution in [0.5, 0.6) is 0 Å². The second-order valence-corrected chi connectivity index (χ2v) is 8.32. The molecule has 1 aliphatic rings. The van der Waals surface area contributed by atoms with Crippen molar-refractivity contribution in [2.75, 3.05) is 6.54 Å². The van der Waals surface area contributed by atoms with Gasteiger partial charge in [0, 0.05) is 23.0 Å². The predicted octanol–water partition coefficient (Wildman–Crippen LogP) is 3.58. The highest BCUT2D eigenvalue weighted by Crippen LogP contribution is 2.33. The zero-order valence-corrected chi connectivity index (χ0v) is 16.1. The van der Waals surface area contributed by atoms with Gasteiger partial charge in [0.05, 0.1) is 17.1 Å². The minimum Gasteiger partial charge on any atom is -0.347 e. The van der Waals surface area contributed by atoms with Gasteiger partial charge in [0.2, 0.25) is 0 Å². The highest BCUT2D eigenvalue weighted by atomic mass is 35.5. The molecule has 26 heavy (non-hydrogen) atoms. The number of aryl methyl sites for hydroxylation is 1. The number of benzene rings is 1. The molecule has 1 aromatic carbocycles. The van der Waals surface area contributed by atoms with E-state index in [1.165, 1.54) is 11.3 Å². The summed E-state index contributed by atoms with van der Waals surface area (Å²) in [6.07, 6.45) is 2.31. The maximum atomic E-state index is 12.6. The molecule has 3 N–H and O–H groups in total. The van der Waals surface area contributed by atoms with Crippen LogP contribution in [0.2, 0.25) is 5.02 Å². The molecule has 7 heteroatoms. The zero-order valence-electron chi connectivity index (χ0n) is 14.5. The van der Waals surface area contributed by atoms with Crippen LogP contribution in [-0.4, -0.2) is 28.3 Å². The van der Waals surface area contributed by atoms with E-state index in [-0.39, 0.29) is 11.9 Å². The van der Waals surface area contributed by atoms with Crippen molar-refractivity contribution in [3.63, 3.8) is 0 Å². The first-order chi connectivity index (χ1) is 12.5. The van der Waals surface area contributed by atoms with Gasteiger partial charge >= 0.3 is 0 Å². The molecule has 1 fully saturated rings. The molecule has 1 amide bonds. The smallest absolute Gasteiger partial charge is 0.261 e. The number of carbonyl (C=O) groups is 1. The number of hydrogen-bond acceptors (Lipinski definition) is 4. The number of hydrogen-bond donors (Lipinski definition) is 2. The molecule has 4 rings (SSSR count). The van der Waals surface area contributed by atoms with Crippen LogP contribution in [0.1, 0.15) is 33.8 Å². The number of aromatic nitrogens is 2. The highest BCUT2D eigenvalue weighted by molar-refractivity contribution is 7.20. The van der Waals surface area contributed by atoms with E-state index in [1.54, 1.807) is 0 Å². The van der Waals surface area contributed by atoms with Gasteiger partial charge in [-0.3, -0.25) is 9.48 Å². The van der Waals surface area contributed by atoms with Gasteiger partial charge in [-0.2, -0.15) is 5.10 Å². The van der Waals surface area contributed by atoms with Crippen molar-refractivity contribution >= 4 is 39.1 Å². The first kappa shape index (κ1) is 17.5. The normalized spacial score (nSPS) is 15.3. The monoisotopic (exact) mass is 388 g/mol. The van der Waals surface area contributed by atoms with E-state index in [9.17, 15) is 4.79 Å². The molecule has 5 nitrogen and oxygen atoms in total. The fourth-order valence-electron chi connectivity index (χ4n) is 3.20. The molecule has 0 spiro atoms. The van der Waals surface area contributed by atoms with Crippen molar-refractivity contribution in [3.05, 3.63) is 51.5 Å². The van der Waals surface area contributed by atoms with Gasteiger partial charge in [-0.05, 0) is 49.4 Å². The van der Waals surface area contributed by atoms with Crippen LogP contribution in [0.15, 0.2) is 30.3 Å². The lowest BCUT2D eigenvalue weighted by Crippen LogP contribution is -2.41. The number of nitrogens with two attached hydrogens (primary N) is 1. The summed E-state index contributed by atoms with van der Waals surface area (Å²) in [5, 5.41) is 9.47. The molecule has 0 bridgehead atoms. The topological polar surface area (TPSA) is 72.9 Å². The molecule has 136 valence electrons. The van der Waals surface area contributed by atoms with E-state index in [0.717, 1.165) is 39.3 Å². The Labute approximate surface area is 161 Å². The SMILES string of the molecule is Cc1nn(Cc2ccc(Cl)cc2)c2sc(C(=O)NC(CN)C3CC3)cc12. The summed E-state index contributed by atoms with van der Waals surface area (Å²) in [7, 11) is 0. The number of amides is 1. The summed E-state index contributed by atoms with van der Waals surface area (Å²) in [5.74, 6) is 0.506. The number of thiophene rings is 1. The fourth-order valence-corrected chi connectivity index (χ4v) is 4.39. The van der Waals surface area contributed by atoms with Crippen LogP contribution >= 0.6 is 22.9 Å². The highest BCUT2D eigenvalue weighted by Gasteiger charge is 2.31. The average molecular weight is 389 g/mol. The molecule has 1 aliphatic carbocycles. The Morgan fingerprint density at radius 1 is 1.42 bits per heavy atom. The molecule has 1 saturated carbocycles. The number of fused-ring (bicyclic) bond motifs is 1. The fraction of sp³-hybridized carbons (Fsp3) is 0.368. The summed E-state index contributed by atoms with van der Waals surface area (Å²) in [4.78, 5) is 14.4. The van der Waals surface area contributed by atoms with Gasteiger partial charge in [-0.15, -0.1) is 11.3 Å². The second kappa shape index (κ2) is 7.02. The van der Waals surface area contributed by atoms with Crippen LogP contribution in [0.4, 0.5) is 0 Å². The van der Waals surface area contributed by atoms with Gasteiger partial charge < -0.3 is 11.1 Å². The van der Waals surface area contributed by atoms with Crippen LogP contribution < -0.4 is 11.1 Å². The Morgan fingerprint density at radius 2 is 2.15 bits per heavy atom. The van der Waals surface area contributed by atoms with E-state index in [2.05, 4.69) is 10.4 Å². The molecule has 2 heterocycles. The maximum Gasteiger partial charge on any atom is 0.261 e. The number of nitrogens with one attached hydrogen (secondary N) is 1. The Morgan fingerprint density at radius 3 is 2.81 bits per heavy atom. The van der Waals surface area contributed by atoms with E-state index in [4.69, 9.17) is 17.3 Å². The molecule has 3 aromatic rings. The Bertz CT molecular complexity index is 943. The minimum atomic E-state index is -0.0361. The van der Waals surface area contributed by atoms with Crippen molar-refractivity contribution in [3.8, 4) is 0 Å². The van der Waals surface area contributed by atoms with Gasteiger partial charge in [0.15, 0.2) is 0 Å². The molecular weight excluding hydrogens is 368 g/mol. The molecule has 1 atom stereocenters. The average Bonchev–Trinajstić information content (AvgIpc) is 3.30. The van der Waals surface area contributed by atoms with Crippen LogP contribution in [0.25, 0.3) is 10.2 Å². The summed E-state index contributed by atoms with van der Waals surface area (Å²) >= 11 is 7.44. The van der Waals surface area contributed by atoms with Crippen molar-refractivity contribution in [2.45, 2.75) is 32.4 Å². The van der Waals surface area contributed by atoms with E-state index in [0.29, 0.717) is 23.9 Å². The lowest BCUT2D eigenvalue weighted by atomic mass is 10.2. The zero-order chi connectivity index (χ0) is 18.3. The van der Waals surface area contributed by atoms with Crippen LogP contribution in [0, 0.1) is 12.8 Å². The van der Waals surface area contributed by atoms with Gasteiger partial charge in [0.1, 0.15) is 4.83 Å². The van der Waals surface area contributed by atoms with Gasteiger partial charge in [-0.1, -0.05) is 23.7 Å². The van der Waals surface area contributed by atoms with E-state index in [1.807, 2.05) is 41.9 Å². The quantitative estimate of drug-likeness (QED) is 0.677. The van der Waals surface area contributed by atoms with Gasteiger partial charge in [-0.25, -0.2) is 0 Å². The van der Waals surface area contributed by atoms with Crippen molar-refractivity contribution < 1.29 is 4.79 Å². The number of rotatable bonds is 6. The van der Waals surface area contributed by atoms with E-state index < -0.39 is 0 Å². The lowest BCUT2D eigenvalue weighted by molar-refractivity contribution is 0.0937. The third-order valence-electron chi connectivity index (χ3n) is 4.84. The number of nitrogens with zero attached hydrogens (tertiary/aromatic N) is 2. The summed E-state index contributed by atoms with van der Waals surface area (Å²) in [5.41, 5.74) is 7.86. The van der Waals surface area contributed by atoms with E-state index >= 15 is 0 Å². The minimum absolute atomic E-state index is 0.0361. The summed E-state index contributed by atoms with van der Waals surface area (Å²) < 4.78 is 1.96. The Balaban J connectivity index is 1.58. The van der Waals surface area contributed by atoms with Crippen molar-refractivity contribution in [1.29, 1.82) is 0 Å². The van der Waals surface area contributed by atoms with Crippen LogP contribution in [0.3, 0.4) is 0 Å². The van der Waals surface area contributed by atoms with Crippen molar-refractivity contribution in [1.82, 2.24) is 15.1 Å². The number of halogens is 1.